The van der Waals surface area contributed by atoms with Gasteiger partial charge in [0.15, 0.2) is 5.96 Å². The standard InChI is InChI=1S/C33H56N10O6/c1-21(2)16-27-30(46)38-19-23-9-7-8-22(17-23)18-28(44)40-25(11-4-6-14-35)31(47)41-24(10-3-5-13-34)29(45)39-20-49-15-12-26(32(48)42-27)43-33(36)37/h7-9,17,21,24-27H,3-6,10-16,18-20,34-35H2,1-2H3,(H,38,46)(H,39,45)(H,40,44)(H,41,47)(H,42,48)(H4,36,37,43)/t24-,25-,26+,27+/m0/s1. The first-order valence-electron chi connectivity index (χ1n) is 17.0. The summed E-state index contributed by atoms with van der Waals surface area (Å²) in [7, 11) is 0. The van der Waals surface area contributed by atoms with Gasteiger partial charge in [0.1, 0.15) is 30.9 Å². The lowest BCUT2D eigenvalue weighted by Gasteiger charge is -2.23. The second kappa shape index (κ2) is 22.4. The summed E-state index contributed by atoms with van der Waals surface area (Å²) >= 11 is 0. The van der Waals surface area contributed by atoms with Crippen molar-refractivity contribution in [2.24, 2.45) is 33.8 Å². The molecule has 0 saturated heterocycles. The zero-order chi connectivity index (χ0) is 36.2. The lowest BCUT2D eigenvalue weighted by Crippen LogP contribution is -2.54. The van der Waals surface area contributed by atoms with Crippen LogP contribution in [0.4, 0.5) is 0 Å². The summed E-state index contributed by atoms with van der Waals surface area (Å²) in [6, 6.07) is 3.45. The van der Waals surface area contributed by atoms with Gasteiger partial charge in [0.2, 0.25) is 29.5 Å². The van der Waals surface area contributed by atoms with Crippen LogP contribution in [0.3, 0.4) is 0 Å². The van der Waals surface area contributed by atoms with Crippen LogP contribution in [-0.2, 0) is 41.7 Å². The molecule has 4 atom stereocenters. The number of aliphatic imine (C=N–C) groups is 1. The summed E-state index contributed by atoms with van der Waals surface area (Å²) in [4.78, 5) is 70.4. The van der Waals surface area contributed by atoms with Crippen LogP contribution in [0.1, 0.15) is 76.3 Å². The zero-order valence-electron chi connectivity index (χ0n) is 28.8. The van der Waals surface area contributed by atoms with Gasteiger partial charge >= 0.3 is 0 Å². The van der Waals surface area contributed by atoms with E-state index in [0.717, 1.165) is 5.56 Å². The lowest BCUT2D eigenvalue weighted by atomic mass is 10.0. The molecule has 274 valence electrons. The van der Waals surface area contributed by atoms with Crippen LogP contribution in [0, 0.1) is 5.92 Å². The van der Waals surface area contributed by atoms with Gasteiger partial charge in [-0.25, -0.2) is 4.99 Å². The molecule has 5 amide bonds. The smallest absolute Gasteiger partial charge is 0.245 e. The molecule has 1 aromatic rings. The first-order valence-corrected chi connectivity index (χ1v) is 17.0. The molecule has 2 rings (SSSR count). The van der Waals surface area contributed by atoms with Gasteiger partial charge in [0.25, 0.3) is 0 Å². The number of nitrogens with zero attached hydrogens (tertiary/aromatic N) is 1. The fourth-order valence-electron chi connectivity index (χ4n) is 5.31. The number of rotatable bonds is 11. The van der Waals surface area contributed by atoms with Crippen LogP contribution in [0.5, 0.6) is 0 Å². The van der Waals surface area contributed by atoms with Crippen molar-refractivity contribution in [1.82, 2.24) is 26.6 Å². The van der Waals surface area contributed by atoms with Crippen molar-refractivity contribution in [3.05, 3.63) is 35.4 Å². The normalized spacial score (nSPS) is 22.3. The molecular weight excluding hydrogens is 632 g/mol. The number of hydrogen-bond donors (Lipinski definition) is 9. The number of carbonyl (C=O) groups is 5. The molecule has 0 radical (unpaired) electrons. The molecule has 0 spiro atoms. The molecule has 1 aliphatic heterocycles. The number of unbranched alkanes of at least 4 members (excludes halogenated alkanes) is 2. The fourth-order valence-corrected chi connectivity index (χ4v) is 5.31. The van der Waals surface area contributed by atoms with E-state index in [2.05, 4.69) is 31.6 Å². The maximum Gasteiger partial charge on any atom is 0.245 e. The van der Waals surface area contributed by atoms with Gasteiger partial charge in [0, 0.05) is 13.0 Å². The number of nitrogens with two attached hydrogens (primary N) is 4. The Morgan fingerprint density at radius 2 is 1.43 bits per heavy atom. The number of amides is 5. The molecule has 0 fully saturated rings. The summed E-state index contributed by atoms with van der Waals surface area (Å²) in [5.74, 6) is -2.52. The lowest BCUT2D eigenvalue weighted by molar-refractivity contribution is -0.133. The van der Waals surface area contributed by atoms with Gasteiger partial charge in [-0.15, -0.1) is 0 Å². The monoisotopic (exact) mass is 688 g/mol. The first-order chi connectivity index (χ1) is 23.4. The molecule has 16 heteroatoms. The summed E-state index contributed by atoms with van der Waals surface area (Å²) in [6.07, 6.45) is 3.55. The Balaban J connectivity index is 2.38. The van der Waals surface area contributed by atoms with E-state index in [9.17, 15) is 24.0 Å². The predicted molar refractivity (Wildman–Crippen MR) is 186 cm³/mol. The molecule has 0 unspecified atom stereocenters. The topological polar surface area (TPSA) is 271 Å². The van der Waals surface area contributed by atoms with Crippen molar-refractivity contribution in [1.29, 1.82) is 0 Å². The van der Waals surface area contributed by atoms with Crippen molar-refractivity contribution in [2.45, 2.75) is 102 Å². The quantitative estimate of drug-likeness (QED) is 0.0756. The van der Waals surface area contributed by atoms with Crippen LogP contribution in [0.2, 0.25) is 0 Å². The third kappa shape index (κ3) is 16.1. The highest BCUT2D eigenvalue weighted by Gasteiger charge is 2.28. The molecule has 16 nitrogen and oxygen atoms in total. The molecule has 0 aromatic heterocycles. The average Bonchev–Trinajstić information content (AvgIpc) is 3.04. The molecule has 1 aromatic carbocycles. The Morgan fingerprint density at radius 1 is 0.816 bits per heavy atom. The number of carbonyl (C=O) groups excluding carboxylic acids is 5. The molecule has 0 aliphatic carbocycles. The minimum Gasteiger partial charge on any atom is -0.370 e. The highest BCUT2D eigenvalue weighted by Crippen LogP contribution is 2.11. The number of nitrogens with one attached hydrogen (secondary N) is 5. The first kappa shape index (κ1) is 40.9. The molecule has 0 saturated carbocycles. The van der Waals surface area contributed by atoms with Crippen LogP contribution >= 0.6 is 0 Å². The third-order valence-corrected chi connectivity index (χ3v) is 7.83. The summed E-state index contributed by atoms with van der Waals surface area (Å²) < 4.78 is 5.58. The Labute approximate surface area is 288 Å². The highest BCUT2D eigenvalue weighted by atomic mass is 16.5. The Hall–Kier alpha value is -4.28. The Morgan fingerprint density at radius 3 is 2.06 bits per heavy atom. The largest absolute Gasteiger partial charge is 0.370 e. The molecule has 13 N–H and O–H groups in total. The van der Waals surface area contributed by atoms with E-state index in [1.807, 2.05) is 19.9 Å². The van der Waals surface area contributed by atoms with Crippen molar-refractivity contribution in [3.8, 4) is 0 Å². The van der Waals surface area contributed by atoms with Gasteiger partial charge in [0.05, 0.1) is 13.0 Å². The molecule has 2 bridgehead atoms. The van der Waals surface area contributed by atoms with Gasteiger partial charge in [-0.2, -0.15) is 0 Å². The van der Waals surface area contributed by atoms with Crippen LogP contribution in [0.25, 0.3) is 0 Å². The average molecular weight is 689 g/mol. The van der Waals surface area contributed by atoms with E-state index < -0.39 is 47.8 Å². The predicted octanol–water partition coefficient (Wildman–Crippen LogP) is -1.26. The van der Waals surface area contributed by atoms with Crippen LogP contribution < -0.4 is 49.5 Å². The second-order valence-electron chi connectivity index (χ2n) is 12.6. The van der Waals surface area contributed by atoms with Gasteiger partial charge in [-0.05, 0) is 75.1 Å². The fraction of sp³-hybridized carbons (Fsp3) is 0.636. The third-order valence-electron chi connectivity index (χ3n) is 7.83. The minimum absolute atomic E-state index is 0.00796. The number of hydrogen-bond acceptors (Lipinski definition) is 9. The zero-order valence-corrected chi connectivity index (χ0v) is 28.8. The van der Waals surface area contributed by atoms with Crippen molar-refractivity contribution >= 4 is 35.5 Å². The molecule has 1 heterocycles. The van der Waals surface area contributed by atoms with Crippen molar-refractivity contribution in [2.75, 3.05) is 26.4 Å². The van der Waals surface area contributed by atoms with Crippen molar-refractivity contribution < 1.29 is 28.7 Å². The molecule has 1 aliphatic rings. The second-order valence-corrected chi connectivity index (χ2v) is 12.6. The number of ether oxygens (including phenoxy) is 1. The summed E-state index contributed by atoms with van der Waals surface area (Å²) in [5, 5.41) is 13.9. The maximum absolute atomic E-state index is 13.5. The van der Waals surface area contributed by atoms with Gasteiger partial charge < -0.3 is 54.3 Å². The number of guanidine groups is 1. The Kier molecular flexibility index (Phi) is 18.7. The van der Waals surface area contributed by atoms with E-state index >= 15 is 0 Å². The van der Waals surface area contributed by atoms with E-state index in [0.29, 0.717) is 63.6 Å². The van der Waals surface area contributed by atoms with E-state index in [4.69, 9.17) is 27.7 Å². The van der Waals surface area contributed by atoms with Gasteiger partial charge in [-0.1, -0.05) is 38.1 Å². The van der Waals surface area contributed by atoms with E-state index in [1.165, 1.54) is 0 Å². The summed E-state index contributed by atoms with van der Waals surface area (Å²) in [5.41, 5.74) is 23.9. The van der Waals surface area contributed by atoms with Gasteiger partial charge in [-0.3, -0.25) is 24.0 Å². The molecular formula is C33H56N10O6. The maximum atomic E-state index is 13.5. The van der Waals surface area contributed by atoms with E-state index in [1.54, 1.807) is 18.2 Å². The summed E-state index contributed by atoms with van der Waals surface area (Å²) in [6.45, 7) is 4.66. The van der Waals surface area contributed by atoms with E-state index in [-0.39, 0.29) is 50.5 Å². The highest BCUT2D eigenvalue weighted by molar-refractivity contribution is 5.93. The SMILES string of the molecule is CC(C)C[C@H]1NC(=O)[C@H](N=C(N)N)CCOCNC(=O)[C@H](CCCCN)NC(=O)[C@H](CCCCN)NC(=O)Cc2cccc(c2)CNC1=O. The Bertz CT molecular complexity index is 1260. The van der Waals surface area contributed by atoms with Crippen LogP contribution in [0.15, 0.2) is 29.3 Å². The van der Waals surface area contributed by atoms with Crippen LogP contribution in [-0.4, -0.2) is 86.1 Å². The number of benzene rings is 1. The van der Waals surface area contributed by atoms with Crippen molar-refractivity contribution in [3.63, 3.8) is 0 Å². The molecule has 49 heavy (non-hydrogen) atoms. The minimum atomic E-state index is -1.05. The number of fused-ring (bicyclic) bond motifs is 2.